The van der Waals surface area contributed by atoms with Crippen LogP contribution in [0.3, 0.4) is 0 Å². The van der Waals surface area contributed by atoms with Gasteiger partial charge in [0.2, 0.25) is 5.91 Å². The molecule has 0 saturated carbocycles. The number of benzene rings is 1. The second-order valence-electron chi connectivity index (χ2n) is 6.05. The molecule has 0 aliphatic carbocycles. The number of likely N-dealkylation sites (tertiary alicyclic amines) is 1. The number of carbonyl (C=O) groups is 1. The van der Waals surface area contributed by atoms with Crippen molar-refractivity contribution < 1.29 is 9.53 Å². The van der Waals surface area contributed by atoms with Gasteiger partial charge in [-0.05, 0) is 30.5 Å². The quantitative estimate of drug-likeness (QED) is 0.910. The molecule has 22 heavy (non-hydrogen) atoms. The fourth-order valence-corrected chi connectivity index (χ4v) is 3.33. The Morgan fingerprint density at radius 2 is 1.95 bits per heavy atom. The summed E-state index contributed by atoms with van der Waals surface area (Å²) in [7, 11) is 1.68. The van der Waals surface area contributed by atoms with Gasteiger partial charge in [0.25, 0.3) is 0 Å². The van der Waals surface area contributed by atoms with Crippen molar-refractivity contribution in [1.29, 1.82) is 0 Å². The molecule has 2 aliphatic heterocycles. The van der Waals surface area contributed by atoms with Crippen LogP contribution in [0.5, 0.6) is 5.75 Å². The molecule has 1 atom stereocenters. The van der Waals surface area contributed by atoms with Crippen molar-refractivity contribution in [3.8, 4) is 5.75 Å². The molecule has 120 valence electrons. The lowest BCUT2D eigenvalue weighted by Gasteiger charge is -2.36. The van der Waals surface area contributed by atoms with E-state index in [-0.39, 0.29) is 11.9 Å². The van der Waals surface area contributed by atoms with Gasteiger partial charge in [0, 0.05) is 38.8 Å². The molecule has 0 spiro atoms. The summed E-state index contributed by atoms with van der Waals surface area (Å²) >= 11 is 0. The summed E-state index contributed by atoms with van der Waals surface area (Å²) in [6.45, 7) is 5.13. The Labute approximate surface area is 132 Å². The van der Waals surface area contributed by atoms with Gasteiger partial charge < -0.3 is 15.0 Å². The molecular weight excluding hydrogens is 278 g/mol. The number of nitrogens with one attached hydrogen (secondary N) is 1. The van der Waals surface area contributed by atoms with Gasteiger partial charge >= 0.3 is 0 Å². The van der Waals surface area contributed by atoms with Crippen LogP contribution in [-0.2, 0) is 4.79 Å². The third-order valence-electron chi connectivity index (χ3n) is 4.65. The third kappa shape index (κ3) is 3.42. The normalized spacial score (nSPS) is 22.8. The summed E-state index contributed by atoms with van der Waals surface area (Å²) in [6.07, 6.45) is 2.30. The first-order valence-electron chi connectivity index (χ1n) is 8.14. The zero-order valence-electron chi connectivity index (χ0n) is 13.3. The van der Waals surface area contributed by atoms with E-state index in [2.05, 4.69) is 22.3 Å². The van der Waals surface area contributed by atoms with Crippen molar-refractivity contribution in [3.05, 3.63) is 29.8 Å². The Hall–Kier alpha value is -1.59. The second-order valence-corrected chi connectivity index (χ2v) is 6.05. The Morgan fingerprint density at radius 3 is 2.64 bits per heavy atom. The van der Waals surface area contributed by atoms with E-state index >= 15 is 0 Å². The van der Waals surface area contributed by atoms with E-state index in [1.54, 1.807) is 7.11 Å². The molecule has 1 N–H and O–H groups in total. The molecule has 0 unspecified atom stereocenters. The number of nitrogens with zero attached hydrogens (tertiary/aromatic N) is 2. The highest BCUT2D eigenvalue weighted by Gasteiger charge is 2.28. The molecule has 2 aliphatic rings. The lowest BCUT2D eigenvalue weighted by Crippen LogP contribution is -2.49. The molecule has 3 rings (SSSR count). The van der Waals surface area contributed by atoms with Gasteiger partial charge in [-0.15, -0.1) is 0 Å². The first-order chi connectivity index (χ1) is 10.8. The number of methoxy groups -OCH3 is 1. The van der Waals surface area contributed by atoms with Crippen molar-refractivity contribution in [2.75, 3.05) is 46.4 Å². The zero-order valence-corrected chi connectivity index (χ0v) is 13.3. The molecule has 2 fully saturated rings. The van der Waals surface area contributed by atoms with Crippen molar-refractivity contribution in [1.82, 2.24) is 15.1 Å². The van der Waals surface area contributed by atoms with Gasteiger partial charge in [0.15, 0.2) is 0 Å². The predicted octanol–water partition coefficient (Wildman–Crippen LogP) is 1.26. The first kappa shape index (κ1) is 15.3. The van der Waals surface area contributed by atoms with Gasteiger partial charge in [-0.3, -0.25) is 9.69 Å². The molecule has 1 aromatic carbocycles. The average Bonchev–Trinajstić information content (AvgIpc) is 3.10. The molecule has 1 aromatic rings. The molecule has 2 heterocycles. The largest absolute Gasteiger partial charge is 0.497 e. The standard InChI is InChI=1S/C17H25N3O2/c1-22-15-6-4-14(5-7-15)16-12-18-8-11-20(16)13-17(21)19-9-2-3-10-19/h4-7,16,18H,2-3,8-13H2,1H3/t16-/m0/s1. The van der Waals surface area contributed by atoms with Crippen LogP contribution in [0, 0.1) is 0 Å². The minimum absolute atomic E-state index is 0.256. The van der Waals surface area contributed by atoms with Crippen molar-refractivity contribution in [2.45, 2.75) is 18.9 Å². The molecule has 0 radical (unpaired) electrons. The van der Waals surface area contributed by atoms with Crippen LogP contribution in [0.25, 0.3) is 0 Å². The van der Waals surface area contributed by atoms with Gasteiger partial charge in [-0.2, -0.15) is 0 Å². The lowest BCUT2D eigenvalue weighted by molar-refractivity contribution is -0.132. The molecule has 1 amide bonds. The summed E-state index contributed by atoms with van der Waals surface area (Å²) in [6, 6.07) is 8.44. The molecular formula is C17H25N3O2. The van der Waals surface area contributed by atoms with Crippen LogP contribution < -0.4 is 10.1 Å². The van der Waals surface area contributed by atoms with E-state index in [1.807, 2.05) is 17.0 Å². The minimum Gasteiger partial charge on any atom is -0.497 e. The van der Waals surface area contributed by atoms with Crippen LogP contribution >= 0.6 is 0 Å². The number of rotatable bonds is 4. The maximum absolute atomic E-state index is 12.4. The summed E-state index contributed by atoms with van der Waals surface area (Å²) in [5, 5.41) is 3.44. The maximum Gasteiger partial charge on any atom is 0.236 e. The Morgan fingerprint density at radius 1 is 1.23 bits per heavy atom. The molecule has 2 saturated heterocycles. The van der Waals surface area contributed by atoms with Crippen LogP contribution in [0.15, 0.2) is 24.3 Å². The third-order valence-corrected chi connectivity index (χ3v) is 4.65. The molecule has 5 nitrogen and oxygen atoms in total. The fourth-order valence-electron chi connectivity index (χ4n) is 3.33. The smallest absolute Gasteiger partial charge is 0.236 e. The predicted molar refractivity (Wildman–Crippen MR) is 86.0 cm³/mol. The van der Waals surface area contributed by atoms with E-state index in [0.717, 1.165) is 51.3 Å². The Bertz CT molecular complexity index is 497. The summed E-state index contributed by atoms with van der Waals surface area (Å²) in [5.41, 5.74) is 1.24. The number of hydrogen-bond acceptors (Lipinski definition) is 4. The Kier molecular flexibility index (Phi) is 4.95. The first-order valence-corrected chi connectivity index (χ1v) is 8.14. The van der Waals surface area contributed by atoms with Crippen LogP contribution in [0.1, 0.15) is 24.4 Å². The second kappa shape index (κ2) is 7.11. The summed E-state index contributed by atoms with van der Waals surface area (Å²) < 4.78 is 5.23. The highest BCUT2D eigenvalue weighted by atomic mass is 16.5. The van der Waals surface area contributed by atoms with Gasteiger partial charge in [-0.25, -0.2) is 0 Å². The summed E-state index contributed by atoms with van der Waals surface area (Å²) in [5.74, 6) is 1.14. The van der Waals surface area contributed by atoms with Crippen LogP contribution in [0.4, 0.5) is 0 Å². The zero-order chi connectivity index (χ0) is 15.4. The van der Waals surface area contributed by atoms with Gasteiger partial charge in [-0.1, -0.05) is 12.1 Å². The van der Waals surface area contributed by atoms with Crippen molar-refractivity contribution in [3.63, 3.8) is 0 Å². The average molecular weight is 303 g/mol. The summed E-state index contributed by atoms with van der Waals surface area (Å²) in [4.78, 5) is 16.7. The lowest BCUT2D eigenvalue weighted by atomic mass is 10.0. The molecule has 0 bridgehead atoms. The SMILES string of the molecule is COc1ccc([C@@H]2CNCCN2CC(=O)N2CCCC2)cc1. The highest BCUT2D eigenvalue weighted by molar-refractivity contribution is 5.78. The minimum atomic E-state index is 0.256. The Balaban J connectivity index is 1.68. The van der Waals surface area contributed by atoms with Gasteiger partial charge in [0.05, 0.1) is 13.7 Å². The number of amides is 1. The van der Waals surface area contributed by atoms with E-state index in [9.17, 15) is 4.79 Å². The van der Waals surface area contributed by atoms with E-state index in [0.29, 0.717) is 6.54 Å². The number of hydrogen-bond donors (Lipinski definition) is 1. The van der Waals surface area contributed by atoms with E-state index in [1.165, 1.54) is 5.56 Å². The number of piperazine rings is 1. The number of carbonyl (C=O) groups excluding carboxylic acids is 1. The fraction of sp³-hybridized carbons (Fsp3) is 0.588. The van der Waals surface area contributed by atoms with Crippen molar-refractivity contribution in [2.24, 2.45) is 0 Å². The number of ether oxygens (including phenoxy) is 1. The van der Waals surface area contributed by atoms with Crippen LogP contribution in [-0.4, -0.2) is 62.1 Å². The highest BCUT2D eigenvalue weighted by Crippen LogP contribution is 2.24. The van der Waals surface area contributed by atoms with E-state index < -0.39 is 0 Å². The van der Waals surface area contributed by atoms with Crippen LogP contribution in [0.2, 0.25) is 0 Å². The van der Waals surface area contributed by atoms with E-state index in [4.69, 9.17) is 4.74 Å². The van der Waals surface area contributed by atoms with Gasteiger partial charge in [0.1, 0.15) is 5.75 Å². The molecule has 0 aromatic heterocycles. The topological polar surface area (TPSA) is 44.8 Å². The molecule has 5 heteroatoms. The van der Waals surface area contributed by atoms with Crippen molar-refractivity contribution >= 4 is 5.91 Å². The maximum atomic E-state index is 12.4. The monoisotopic (exact) mass is 303 g/mol.